The lowest BCUT2D eigenvalue weighted by Gasteiger charge is -2.24. The normalized spacial score (nSPS) is 12.4. The first-order chi connectivity index (χ1) is 7.38. The van der Waals surface area contributed by atoms with E-state index in [1.807, 2.05) is 6.20 Å². The summed E-state index contributed by atoms with van der Waals surface area (Å²) in [5.74, 6) is 0.509. The minimum absolute atomic E-state index is 0.0561. The van der Waals surface area contributed by atoms with Crippen LogP contribution in [-0.4, -0.2) is 16.3 Å². The Balaban J connectivity index is 3.07. The standard InChI is InChI=1S/C13H25N3/c1-10(2)12-11(7-6-8-14)9-15-16(12)13(3,4)5/h9-10H,6-8,14H2,1-5H3. The summed E-state index contributed by atoms with van der Waals surface area (Å²) >= 11 is 0. The number of hydrogen-bond donors (Lipinski definition) is 1. The first-order valence-corrected chi connectivity index (χ1v) is 6.15. The highest BCUT2D eigenvalue weighted by Crippen LogP contribution is 2.26. The van der Waals surface area contributed by atoms with Gasteiger partial charge in [-0.1, -0.05) is 13.8 Å². The lowest BCUT2D eigenvalue weighted by Crippen LogP contribution is -2.26. The molecule has 0 unspecified atom stereocenters. The van der Waals surface area contributed by atoms with Crippen LogP contribution in [-0.2, 0) is 12.0 Å². The average molecular weight is 223 g/mol. The van der Waals surface area contributed by atoms with Gasteiger partial charge in [0.15, 0.2) is 0 Å². The lowest BCUT2D eigenvalue weighted by molar-refractivity contribution is 0.338. The maximum absolute atomic E-state index is 5.57. The molecule has 0 spiro atoms. The largest absolute Gasteiger partial charge is 0.330 e. The Morgan fingerprint density at radius 3 is 2.44 bits per heavy atom. The zero-order valence-corrected chi connectivity index (χ0v) is 11.2. The van der Waals surface area contributed by atoms with Crippen molar-refractivity contribution in [3.8, 4) is 0 Å². The molecule has 0 aromatic carbocycles. The number of rotatable bonds is 4. The molecule has 1 aromatic rings. The van der Waals surface area contributed by atoms with Gasteiger partial charge in [0.25, 0.3) is 0 Å². The fraction of sp³-hybridized carbons (Fsp3) is 0.769. The Morgan fingerprint density at radius 2 is 2.00 bits per heavy atom. The fourth-order valence-electron chi connectivity index (χ4n) is 2.03. The van der Waals surface area contributed by atoms with Gasteiger partial charge in [-0.25, -0.2) is 0 Å². The van der Waals surface area contributed by atoms with Crippen LogP contribution in [0.5, 0.6) is 0 Å². The predicted octanol–water partition coefficient (Wildman–Crippen LogP) is 2.65. The molecule has 0 saturated carbocycles. The van der Waals surface area contributed by atoms with E-state index in [1.54, 1.807) is 0 Å². The van der Waals surface area contributed by atoms with Crippen molar-refractivity contribution < 1.29 is 0 Å². The van der Waals surface area contributed by atoms with Crippen LogP contribution < -0.4 is 5.73 Å². The topological polar surface area (TPSA) is 43.8 Å². The summed E-state index contributed by atoms with van der Waals surface area (Å²) in [4.78, 5) is 0. The van der Waals surface area contributed by atoms with Crippen LogP contribution in [0, 0.1) is 0 Å². The molecule has 0 aliphatic rings. The molecular weight excluding hydrogens is 198 g/mol. The van der Waals surface area contributed by atoms with E-state index in [4.69, 9.17) is 5.73 Å². The van der Waals surface area contributed by atoms with Gasteiger partial charge in [-0.15, -0.1) is 0 Å². The molecule has 0 bridgehead atoms. The molecule has 16 heavy (non-hydrogen) atoms. The minimum atomic E-state index is 0.0561. The summed E-state index contributed by atoms with van der Waals surface area (Å²) in [5, 5.41) is 4.54. The van der Waals surface area contributed by atoms with E-state index >= 15 is 0 Å². The molecule has 0 aliphatic carbocycles. The number of nitrogens with two attached hydrogens (primary N) is 1. The van der Waals surface area contributed by atoms with Crippen molar-refractivity contribution in [3.05, 3.63) is 17.5 Å². The van der Waals surface area contributed by atoms with Crippen molar-refractivity contribution in [1.82, 2.24) is 9.78 Å². The maximum atomic E-state index is 5.57. The third-order valence-electron chi connectivity index (χ3n) is 2.72. The van der Waals surface area contributed by atoms with Crippen LogP contribution in [0.4, 0.5) is 0 Å². The predicted molar refractivity (Wildman–Crippen MR) is 68.7 cm³/mol. The molecule has 1 aromatic heterocycles. The second kappa shape index (κ2) is 5.00. The van der Waals surface area contributed by atoms with Gasteiger partial charge in [0, 0.05) is 5.69 Å². The number of hydrogen-bond acceptors (Lipinski definition) is 2. The Labute approximate surface area is 99.0 Å². The Bertz CT molecular complexity index is 331. The molecule has 0 aliphatic heterocycles. The molecule has 1 heterocycles. The van der Waals surface area contributed by atoms with Gasteiger partial charge in [0.2, 0.25) is 0 Å². The molecular formula is C13H25N3. The molecule has 0 radical (unpaired) electrons. The van der Waals surface area contributed by atoms with Crippen molar-refractivity contribution in [3.63, 3.8) is 0 Å². The Hall–Kier alpha value is -0.830. The van der Waals surface area contributed by atoms with Crippen molar-refractivity contribution in [2.45, 2.75) is 58.9 Å². The molecule has 0 amide bonds. The van der Waals surface area contributed by atoms with E-state index < -0.39 is 0 Å². The molecule has 1 rings (SSSR count). The van der Waals surface area contributed by atoms with E-state index in [-0.39, 0.29) is 5.54 Å². The summed E-state index contributed by atoms with van der Waals surface area (Å²) in [6.07, 6.45) is 4.09. The molecule has 92 valence electrons. The fourth-order valence-corrected chi connectivity index (χ4v) is 2.03. The first kappa shape index (κ1) is 13.2. The second-order valence-electron chi connectivity index (χ2n) is 5.68. The maximum Gasteiger partial charge on any atom is 0.0546 e. The number of aromatic nitrogens is 2. The van der Waals surface area contributed by atoms with Gasteiger partial charge in [0.05, 0.1) is 11.7 Å². The van der Waals surface area contributed by atoms with Gasteiger partial charge in [-0.3, -0.25) is 4.68 Å². The highest BCUT2D eigenvalue weighted by Gasteiger charge is 2.22. The summed E-state index contributed by atoms with van der Waals surface area (Å²) in [6, 6.07) is 0. The van der Waals surface area contributed by atoms with Crippen molar-refractivity contribution in [2.75, 3.05) is 6.54 Å². The summed E-state index contributed by atoms with van der Waals surface area (Å²) in [6.45, 7) is 11.8. The van der Waals surface area contributed by atoms with E-state index in [0.717, 1.165) is 19.4 Å². The number of nitrogens with zero attached hydrogens (tertiary/aromatic N) is 2. The van der Waals surface area contributed by atoms with E-state index in [2.05, 4.69) is 44.4 Å². The monoisotopic (exact) mass is 223 g/mol. The first-order valence-electron chi connectivity index (χ1n) is 6.15. The molecule has 0 atom stereocenters. The molecule has 0 fully saturated rings. The number of aryl methyl sites for hydroxylation is 1. The van der Waals surface area contributed by atoms with Gasteiger partial charge in [-0.05, 0) is 51.6 Å². The second-order valence-corrected chi connectivity index (χ2v) is 5.68. The van der Waals surface area contributed by atoms with Crippen LogP contribution in [0.2, 0.25) is 0 Å². The van der Waals surface area contributed by atoms with Gasteiger partial charge >= 0.3 is 0 Å². The lowest BCUT2D eigenvalue weighted by atomic mass is 10.00. The third kappa shape index (κ3) is 2.85. The van der Waals surface area contributed by atoms with Gasteiger partial charge < -0.3 is 5.73 Å². The molecule has 3 nitrogen and oxygen atoms in total. The zero-order valence-electron chi connectivity index (χ0n) is 11.2. The van der Waals surface area contributed by atoms with Gasteiger partial charge in [0.1, 0.15) is 0 Å². The quantitative estimate of drug-likeness (QED) is 0.852. The smallest absolute Gasteiger partial charge is 0.0546 e. The highest BCUT2D eigenvalue weighted by molar-refractivity contribution is 5.22. The molecule has 0 saturated heterocycles. The van der Waals surface area contributed by atoms with E-state index in [1.165, 1.54) is 11.3 Å². The zero-order chi connectivity index (χ0) is 12.3. The summed E-state index contributed by atoms with van der Waals surface area (Å²) in [5.41, 5.74) is 8.34. The summed E-state index contributed by atoms with van der Waals surface area (Å²) in [7, 11) is 0. The average Bonchev–Trinajstić information content (AvgIpc) is 2.57. The minimum Gasteiger partial charge on any atom is -0.330 e. The third-order valence-corrected chi connectivity index (χ3v) is 2.72. The summed E-state index contributed by atoms with van der Waals surface area (Å²) < 4.78 is 2.16. The highest BCUT2D eigenvalue weighted by atomic mass is 15.3. The van der Waals surface area contributed by atoms with Crippen LogP contribution in [0.3, 0.4) is 0 Å². The van der Waals surface area contributed by atoms with Crippen molar-refractivity contribution in [2.24, 2.45) is 5.73 Å². The van der Waals surface area contributed by atoms with E-state index in [9.17, 15) is 0 Å². The van der Waals surface area contributed by atoms with Crippen LogP contribution in [0.1, 0.15) is 58.2 Å². The molecule has 3 heteroatoms. The Morgan fingerprint density at radius 1 is 1.38 bits per heavy atom. The van der Waals surface area contributed by atoms with E-state index in [0.29, 0.717) is 5.92 Å². The molecule has 2 N–H and O–H groups in total. The van der Waals surface area contributed by atoms with Crippen LogP contribution in [0.25, 0.3) is 0 Å². The Kier molecular flexibility index (Phi) is 4.14. The van der Waals surface area contributed by atoms with Crippen LogP contribution in [0.15, 0.2) is 6.20 Å². The SMILES string of the molecule is CC(C)c1c(CCCN)cnn1C(C)(C)C. The van der Waals surface area contributed by atoms with Crippen molar-refractivity contribution >= 4 is 0 Å². The van der Waals surface area contributed by atoms with Crippen molar-refractivity contribution in [1.29, 1.82) is 0 Å². The van der Waals surface area contributed by atoms with Gasteiger partial charge in [-0.2, -0.15) is 5.10 Å². The van der Waals surface area contributed by atoms with Crippen LogP contribution >= 0.6 is 0 Å².